The van der Waals surface area contributed by atoms with E-state index in [0.29, 0.717) is 23.3 Å². The quantitative estimate of drug-likeness (QED) is 0.886. The van der Waals surface area contributed by atoms with Gasteiger partial charge in [0.2, 0.25) is 5.89 Å². The molecule has 0 radical (unpaired) electrons. The molecule has 7 nitrogen and oxygen atoms in total. The van der Waals surface area contributed by atoms with Crippen LogP contribution >= 0.6 is 12.4 Å². The van der Waals surface area contributed by atoms with Crippen LogP contribution in [0.5, 0.6) is 0 Å². The normalized spacial score (nSPS) is 20.8. The van der Waals surface area contributed by atoms with Gasteiger partial charge < -0.3 is 15.1 Å². The summed E-state index contributed by atoms with van der Waals surface area (Å²) in [7, 11) is 1.82. The molecule has 3 heterocycles. The molecule has 0 spiro atoms. The Hall–Kier alpha value is -1.86. The molecule has 2 atom stereocenters. The van der Waals surface area contributed by atoms with Gasteiger partial charge in [0.25, 0.3) is 5.91 Å². The van der Waals surface area contributed by atoms with Gasteiger partial charge in [-0.3, -0.25) is 9.48 Å². The zero-order chi connectivity index (χ0) is 15.7. The van der Waals surface area contributed by atoms with Crippen LogP contribution in [0.2, 0.25) is 0 Å². The Morgan fingerprint density at radius 3 is 2.96 bits per heavy atom. The molecule has 23 heavy (non-hydrogen) atoms. The Morgan fingerprint density at radius 2 is 2.30 bits per heavy atom. The van der Waals surface area contributed by atoms with E-state index in [-0.39, 0.29) is 24.4 Å². The number of hydrogen-bond donors (Lipinski definition) is 2. The summed E-state index contributed by atoms with van der Waals surface area (Å²) in [4.78, 5) is 16.8. The van der Waals surface area contributed by atoms with Crippen LogP contribution in [0.25, 0.3) is 11.5 Å². The van der Waals surface area contributed by atoms with E-state index in [1.165, 1.54) is 0 Å². The van der Waals surface area contributed by atoms with Gasteiger partial charge in [-0.05, 0) is 25.8 Å². The van der Waals surface area contributed by atoms with Crippen LogP contribution in [0.3, 0.4) is 0 Å². The molecule has 1 aliphatic rings. The number of halogens is 1. The monoisotopic (exact) mass is 339 g/mol. The van der Waals surface area contributed by atoms with Gasteiger partial charge in [-0.2, -0.15) is 5.10 Å². The summed E-state index contributed by atoms with van der Waals surface area (Å²) >= 11 is 0. The summed E-state index contributed by atoms with van der Waals surface area (Å²) in [5.41, 5.74) is 1.11. The first-order chi connectivity index (χ1) is 10.5. The van der Waals surface area contributed by atoms with Crippen molar-refractivity contribution in [1.29, 1.82) is 0 Å². The third kappa shape index (κ3) is 3.73. The molecule has 8 heteroatoms. The molecule has 1 amide bonds. The molecule has 126 valence electrons. The standard InChI is InChI=1S/C15H21N5O2.ClH/c1-9-4-5-16-7-12(9)18-14(21)13-10(2)22-15(19-13)11-6-17-20(3)8-11;/h6,8-9,12,16H,4-5,7H2,1-3H3,(H,18,21);1H. The highest BCUT2D eigenvalue weighted by Crippen LogP contribution is 2.21. The summed E-state index contributed by atoms with van der Waals surface area (Å²) in [5, 5.41) is 10.4. The topological polar surface area (TPSA) is 85.0 Å². The summed E-state index contributed by atoms with van der Waals surface area (Å²) in [6.07, 6.45) is 4.53. The fourth-order valence-corrected chi connectivity index (χ4v) is 2.68. The number of amides is 1. The van der Waals surface area contributed by atoms with Crippen molar-refractivity contribution in [2.75, 3.05) is 13.1 Å². The average Bonchev–Trinajstić information content (AvgIpc) is 3.07. The number of aryl methyl sites for hydroxylation is 2. The number of hydrogen-bond acceptors (Lipinski definition) is 5. The highest BCUT2D eigenvalue weighted by atomic mass is 35.5. The van der Waals surface area contributed by atoms with Crippen molar-refractivity contribution in [3.8, 4) is 11.5 Å². The van der Waals surface area contributed by atoms with Crippen LogP contribution in [0.1, 0.15) is 29.6 Å². The third-order valence-electron chi connectivity index (χ3n) is 4.11. The highest BCUT2D eigenvalue weighted by molar-refractivity contribution is 5.93. The largest absolute Gasteiger partial charge is 0.440 e. The fraction of sp³-hybridized carbons (Fsp3) is 0.533. The van der Waals surface area contributed by atoms with Crippen LogP contribution in [0.15, 0.2) is 16.8 Å². The van der Waals surface area contributed by atoms with Crippen molar-refractivity contribution in [2.45, 2.75) is 26.3 Å². The molecule has 0 bridgehead atoms. The van der Waals surface area contributed by atoms with Gasteiger partial charge in [-0.15, -0.1) is 12.4 Å². The van der Waals surface area contributed by atoms with Gasteiger partial charge in [-0.25, -0.2) is 4.98 Å². The van der Waals surface area contributed by atoms with E-state index in [1.54, 1.807) is 24.0 Å². The van der Waals surface area contributed by atoms with Crippen molar-refractivity contribution < 1.29 is 9.21 Å². The maximum absolute atomic E-state index is 12.4. The minimum absolute atomic E-state index is 0. The Balaban J connectivity index is 0.00000192. The number of carbonyl (C=O) groups is 1. The lowest BCUT2D eigenvalue weighted by molar-refractivity contribution is 0.0909. The van der Waals surface area contributed by atoms with E-state index < -0.39 is 0 Å². The first-order valence-electron chi connectivity index (χ1n) is 7.52. The second-order valence-corrected chi connectivity index (χ2v) is 5.88. The smallest absolute Gasteiger partial charge is 0.273 e. The fourth-order valence-electron chi connectivity index (χ4n) is 2.68. The highest BCUT2D eigenvalue weighted by Gasteiger charge is 2.26. The number of nitrogens with one attached hydrogen (secondary N) is 2. The summed E-state index contributed by atoms with van der Waals surface area (Å²) in [5.74, 6) is 1.21. The van der Waals surface area contributed by atoms with Gasteiger partial charge in [0.1, 0.15) is 5.76 Å². The second kappa shape index (κ2) is 7.14. The number of oxazole rings is 1. The molecule has 0 aliphatic carbocycles. The molecular weight excluding hydrogens is 318 g/mol. The molecule has 2 N–H and O–H groups in total. The molecule has 1 aliphatic heterocycles. The van der Waals surface area contributed by atoms with Crippen molar-refractivity contribution in [3.63, 3.8) is 0 Å². The lowest BCUT2D eigenvalue weighted by atomic mass is 9.95. The zero-order valence-electron chi connectivity index (χ0n) is 13.5. The molecule has 2 unspecified atom stereocenters. The summed E-state index contributed by atoms with van der Waals surface area (Å²) in [6, 6.07) is 0.124. The van der Waals surface area contributed by atoms with Gasteiger partial charge in [0.15, 0.2) is 5.69 Å². The van der Waals surface area contributed by atoms with Crippen LogP contribution in [-0.2, 0) is 7.05 Å². The van der Waals surface area contributed by atoms with E-state index in [9.17, 15) is 4.79 Å². The first-order valence-corrected chi connectivity index (χ1v) is 7.52. The zero-order valence-corrected chi connectivity index (χ0v) is 14.3. The predicted molar refractivity (Wildman–Crippen MR) is 88.6 cm³/mol. The Labute approximate surface area is 141 Å². The summed E-state index contributed by atoms with van der Waals surface area (Å²) in [6.45, 7) is 5.70. The van der Waals surface area contributed by atoms with Crippen molar-refractivity contribution in [3.05, 3.63) is 23.8 Å². The number of carbonyl (C=O) groups excluding carboxylic acids is 1. The van der Waals surface area contributed by atoms with Crippen molar-refractivity contribution >= 4 is 18.3 Å². The molecule has 0 saturated carbocycles. The lowest BCUT2D eigenvalue weighted by Crippen LogP contribution is -2.50. The molecule has 3 rings (SSSR count). The van der Waals surface area contributed by atoms with E-state index in [2.05, 4.69) is 27.6 Å². The number of piperidine rings is 1. The first kappa shape index (κ1) is 17.5. The van der Waals surface area contributed by atoms with E-state index in [4.69, 9.17) is 4.42 Å². The predicted octanol–water partition coefficient (Wildman–Crippen LogP) is 1.53. The van der Waals surface area contributed by atoms with Crippen LogP contribution in [-0.4, -0.2) is 39.8 Å². The number of nitrogens with zero attached hydrogens (tertiary/aromatic N) is 3. The Bertz CT molecular complexity index is 681. The Kier molecular flexibility index (Phi) is 5.43. The molecule has 1 fully saturated rings. The minimum Gasteiger partial charge on any atom is -0.440 e. The molecular formula is C15H22ClN5O2. The maximum atomic E-state index is 12.4. The minimum atomic E-state index is -0.183. The number of aromatic nitrogens is 3. The van der Waals surface area contributed by atoms with E-state index >= 15 is 0 Å². The van der Waals surface area contributed by atoms with Gasteiger partial charge in [0, 0.05) is 25.8 Å². The lowest BCUT2D eigenvalue weighted by Gasteiger charge is -2.29. The summed E-state index contributed by atoms with van der Waals surface area (Å²) < 4.78 is 7.28. The average molecular weight is 340 g/mol. The molecule has 2 aromatic heterocycles. The molecule has 1 saturated heterocycles. The second-order valence-electron chi connectivity index (χ2n) is 5.88. The van der Waals surface area contributed by atoms with Crippen LogP contribution in [0, 0.1) is 12.8 Å². The molecule has 0 aromatic carbocycles. The van der Waals surface area contributed by atoms with Crippen molar-refractivity contribution in [1.82, 2.24) is 25.4 Å². The maximum Gasteiger partial charge on any atom is 0.273 e. The van der Waals surface area contributed by atoms with Gasteiger partial charge >= 0.3 is 0 Å². The van der Waals surface area contributed by atoms with Crippen molar-refractivity contribution in [2.24, 2.45) is 13.0 Å². The van der Waals surface area contributed by atoms with Crippen LogP contribution in [0.4, 0.5) is 0 Å². The molecule has 2 aromatic rings. The Morgan fingerprint density at radius 1 is 1.52 bits per heavy atom. The van der Waals surface area contributed by atoms with E-state index in [1.807, 2.05) is 7.05 Å². The van der Waals surface area contributed by atoms with Gasteiger partial charge in [0.05, 0.1) is 11.8 Å². The number of rotatable bonds is 3. The van der Waals surface area contributed by atoms with Gasteiger partial charge in [-0.1, -0.05) is 6.92 Å². The van der Waals surface area contributed by atoms with E-state index in [0.717, 1.165) is 25.1 Å². The third-order valence-corrected chi connectivity index (χ3v) is 4.11. The SMILES string of the molecule is Cc1oc(-c2cnn(C)c2)nc1C(=O)NC1CNCCC1C.Cl. The van der Waals surface area contributed by atoms with Crippen LogP contribution < -0.4 is 10.6 Å².